The molecule has 6 nitrogen and oxygen atoms in total. The van der Waals surface area contributed by atoms with Gasteiger partial charge in [-0.25, -0.2) is 4.98 Å². The number of aromatic amines is 1. The number of hydrogen-bond donors (Lipinski definition) is 2. The number of anilines is 1. The highest BCUT2D eigenvalue weighted by Gasteiger charge is 2.30. The number of carboxylic acids is 1. The molecule has 1 aliphatic rings. The predicted molar refractivity (Wildman–Crippen MR) is 71.6 cm³/mol. The van der Waals surface area contributed by atoms with E-state index < -0.39 is 5.97 Å². The van der Waals surface area contributed by atoms with Gasteiger partial charge in [-0.15, -0.1) is 0 Å². The van der Waals surface area contributed by atoms with Gasteiger partial charge >= 0.3 is 5.97 Å². The van der Waals surface area contributed by atoms with Crippen LogP contribution in [0.2, 0.25) is 0 Å². The first kappa shape index (κ1) is 13.6. The van der Waals surface area contributed by atoms with Gasteiger partial charge in [0, 0.05) is 24.6 Å². The lowest BCUT2D eigenvalue weighted by atomic mass is 10.2. The van der Waals surface area contributed by atoms with Crippen molar-refractivity contribution in [3.63, 3.8) is 0 Å². The number of carbonyl (C=O) groups is 1. The Labute approximate surface area is 111 Å². The highest BCUT2D eigenvalue weighted by atomic mass is 16.4. The van der Waals surface area contributed by atoms with Crippen molar-refractivity contribution in [2.45, 2.75) is 45.1 Å². The van der Waals surface area contributed by atoms with Crippen LogP contribution in [0.15, 0.2) is 10.9 Å². The molecule has 1 aromatic heterocycles. The first-order valence-corrected chi connectivity index (χ1v) is 6.57. The highest BCUT2D eigenvalue weighted by Crippen LogP contribution is 2.30. The van der Waals surface area contributed by atoms with E-state index in [1.165, 1.54) is 6.07 Å². The second kappa shape index (κ2) is 5.42. The van der Waals surface area contributed by atoms with E-state index in [0.717, 1.165) is 12.8 Å². The number of aromatic nitrogens is 2. The molecule has 0 bridgehead atoms. The molecule has 2 N–H and O–H groups in total. The van der Waals surface area contributed by atoms with Crippen LogP contribution in [0.1, 0.15) is 44.9 Å². The third-order valence-corrected chi connectivity index (χ3v) is 3.14. The summed E-state index contributed by atoms with van der Waals surface area (Å²) in [5.41, 5.74) is -0.185. The van der Waals surface area contributed by atoms with Crippen LogP contribution in [-0.2, 0) is 4.79 Å². The molecule has 0 aliphatic heterocycles. The number of rotatable bonds is 6. The molecule has 104 valence electrons. The molecule has 0 spiro atoms. The Hall–Kier alpha value is -1.85. The molecule has 2 rings (SSSR count). The van der Waals surface area contributed by atoms with E-state index in [9.17, 15) is 9.59 Å². The van der Waals surface area contributed by atoms with E-state index in [0.29, 0.717) is 24.2 Å². The summed E-state index contributed by atoms with van der Waals surface area (Å²) < 4.78 is 0. The Bertz CT molecular complexity index is 520. The van der Waals surface area contributed by atoms with Crippen LogP contribution in [0, 0.1) is 0 Å². The second-order valence-corrected chi connectivity index (χ2v) is 5.21. The highest BCUT2D eigenvalue weighted by molar-refractivity contribution is 5.67. The van der Waals surface area contributed by atoms with Crippen molar-refractivity contribution in [2.24, 2.45) is 0 Å². The second-order valence-electron chi connectivity index (χ2n) is 5.21. The first-order chi connectivity index (χ1) is 8.97. The Kier molecular flexibility index (Phi) is 3.87. The number of H-pyrrole nitrogens is 1. The molecule has 1 aromatic rings. The lowest BCUT2D eigenvalue weighted by Gasteiger charge is -2.23. The van der Waals surface area contributed by atoms with Crippen LogP contribution >= 0.6 is 0 Å². The summed E-state index contributed by atoms with van der Waals surface area (Å²) in [6.45, 7) is 4.32. The molecule has 1 fully saturated rings. The summed E-state index contributed by atoms with van der Waals surface area (Å²) in [4.78, 5) is 31.5. The van der Waals surface area contributed by atoms with Gasteiger partial charge in [0.2, 0.25) is 0 Å². The molecule has 0 atom stereocenters. The van der Waals surface area contributed by atoms with E-state index in [1.54, 1.807) is 0 Å². The SMILES string of the molecule is CC(C)c1nc(N(CCC(=O)O)C2CC2)cc(=O)[nH]1. The van der Waals surface area contributed by atoms with Gasteiger partial charge < -0.3 is 15.0 Å². The predicted octanol–water partition coefficient (Wildman–Crippen LogP) is 1.34. The summed E-state index contributed by atoms with van der Waals surface area (Å²) in [6, 6.07) is 1.78. The summed E-state index contributed by atoms with van der Waals surface area (Å²) in [5, 5.41) is 8.79. The summed E-state index contributed by atoms with van der Waals surface area (Å²) >= 11 is 0. The average Bonchev–Trinajstić information content (AvgIpc) is 3.12. The van der Waals surface area contributed by atoms with Crippen LogP contribution < -0.4 is 10.5 Å². The van der Waals surface area contributed by atoms with Crippen molar-refractivity contribution in [1.29, 1.82) is 0 Å². The van der Waals surface area contributed by atoms with Crippen LogP contribution in [0.3, 0.4) is 0 Å². The van der Waals surface area contributed by atoms with Crippen LogP contribution in [0.5, 0.6) is 0 Å². The Morgan fingerprint density at radius 1 is 1.58 bits per heavy atom. The van der Waals surface area contributed by atoms with Crippen molar-refractivity contribution in [1.82, 2.24) is 9.97 Å². The van der Waals surface area contributed by atoms with E-state index >= 15 is 0 Å². The standard InChI is InChI=1S/C13H19N3O3/c1-8(2)13-14-10(7-11(17)15-13)16(9-3-4-9)6-5-12(18)19/h7-9H,3-6H2,1-2H3,(H,18,19)(H,14,15,17). The van der Waals surface area contributed by atoms with Gasteiger partial charge in [0.1, 0.15) is 11.6 Å². The van der Waals surface area contributed by atoms with Crippen LogP contribution in [0.25, 0.3) is 0 Å². The number of aliphatic carboxylic acids is 1. The van der Waals surface area contributed by atoms with Gasteiger partial charge in [0.05, 0.1) is 6.42 Å². The van der Waals surface area contributed by atoms with Crippen LogP contribution in [-0.4, -0.2) is 33.6 Å². The van der Waals surface area contributed by atoms with Gasteiger partial charge in [-0.1, -0.05) is 13.8 Å². The van der Waals surface area contributed by atoms with E-state index in [4.69, 9.17) is 5.11 Å². The maximum absolute atomic E-state index is 11.7. The maximum atomic E-state index is 11.7. The first-order valence-electron chi connectivity index (χ1n) is 6.57. The fraction of sp³-hybridized carbons (Fsp3) is 0.615. The van der Waals surface area contributed by atoms with Crippen molar-refractivity contribution in [3.05, 3.63) is 22.2 Å². The molecule has 1 heterocycles. The van der Waals surface area contributed by atoms with Gasteiger partial charge in [-0.3, -0.25) is 9.59 Å². The molecule has 1 saturated carbocycles. The minimum absolute atomic E-state index is 0.0575. The van der Waals surface area contributed by atoms with Gasteiger partial charge in [0.15, 0.2) is 0 Å². The molecular weight excluding hydrogens is 246 g/mol. The van der Waals surface area contributed by atoms with Crippen LogP contribution in [0.4, 0.5) is 5.82 Å². The molecule has 0 saturated heterocycles. The number of carboxylic acid groups (broad SMARTS) is 1. The molecule has 6 heteroatoms. The lowest BCUT2D eigenvalue weighted by molar-refractivity contribution is -0.136. The largest absolute Gasteiger partial charge is 0.481 e. The minimum Gasteiger partial charge on any atom is -0.481 e. The lowest BCUT2D eigenvalue weighted by Crippen LogP contribution is -2.31. The molecule has 1 aliphatic carbocycles. The van der Waals surface area contributed by atoms with Gasteiger partial charge in [-0.05, 0) is 12.8 Å². The molecule has 0 amide bonds. The zero-order chi connectivity index (χ0) is 14.0. The zero-order valence-corrected chi connectivity index (χ0v) is 11.2. The Morgan fingerprint density at radius 2 is 2.26 bits per heavy atom. The Morgan fingerprint density at radius 3 is 2.79 bits per heavy atom. The van der Waals surface area contributed by atoms with E-state index in [1.807, 2.05) is 18.7 Å². The summed E-state index contributed by atoms with van der Waals surface area (Å²) in [5.74, 6) is 0.535. The smallest absolute Gasteiger partial charge is 0.305 e. The maximum Gasteiger partial charge on any atom is 0.305 e. The van der Waals surface area contributed by atoms with Crippen molar-refractivity contribution >= 4 is 11.8 Å². The monoisotopic (exact) mass is 265 g/mol. The summed E-state index contributed by atoms with van der Waals surface area (Å²) in [6.07, 6.45) is 2.12. The summed E-state index contributed by atoms with van der Waals surface area (Å²) in [7, 11) is 0. The Balaban J connectivity index is 2.25. The van der Waals surface area contributed by atoms with E-state index in [2.05, 4.69) is 9.97 Å². The van der Waals surface area contributed by atoms with Crippen molar-refractivity contribution < 1.29 is 9.90 Å². The quantitative estimate of drug-likeness (QED) is 0.810. The van der Waals surface area contributed by atoms with Gasteiger partial charge in [-0.2, -0.15) is 0 Å². The molecule has 0 unspecified atom stereocenters. The van der Waals surface area contributed by atoms with Crippen molar-refractivity contribution in [3.8, 4) is 0 Å². The molecule has 19 heavy (non-hydrogen) atoms. The fourth-order valence-corrected chi connectivity index (χ4v) is 1.97. The topological polar surface area (TPSA) is 86.3 Å². The number of nitrogens with zero attached hydrogens (tertiary/aromatic N) is 2. The molecular formula is C13H19N3O3. The normalized spacial score (nSPS) is 14.7. The molecule has 0 radical (unpaired) electrons. The third-order valence-electron chi connectivity index (χ3n) is 3.14. The fourth-order valence-electron chi connectivity index (χ4n) is 1.97. The van der Waals surface area contributed by atoms with E-state index in [-0.39, 0.29) is 17.9 Å². The third kappa shape index (κ3) is 3.56. The van der Waals surface area contributed by atoms with Gasteiger partial charge in [0.25, 0.3) is 5.56 Å². The number of hydrogen-bond acceptors (Lipinski definition) is 4. The van der Waals surface area contributed by atoms with Crippen molar-refractivity contribution in [2.75, 3.05) is 11.4 Å². The zero-order valence-electron chi connectivity index (χ0n) is 11.2. The molecule has 0 aromatic carbocycles. The minimum atomic E-state index is -0.834. The average molecular weight is 265 g/mol. The number of nitrogens with one attached hydrogen (secondary N) is 1.